The fourth-order valence-corrected chi connectivity index (χ4v) is 2.57. The number of halogens is 1. The lowest BCUT2D eigenvalue weighted by atomic mass is 10.0. The Bertz CT molecular complexity index is 571. The zero-order chi connectivity index (χ0) is 15.4. The van der Waals surface area contributed by atoms with Crippen molar-refractivity contribution in [2.75, 3.05) is 19.8 Å². The van der Waals surface area contributed by atoms with E-state index in [1.807, 2.05) is 17.9 Å². The van der Waals surface area contributed by atoms with Gasteiger partial charge in [0.15, 0.2) is 0 Å². The Kier molecular flexibility index (Phi) is 4.89. The van der Waals surface area contributed by atoms with Crippen LogP contribution in [0.15, 0.2) is 18.2 Å². The molecular weight excluding hydrogens is 275 g/mol. The molecule has 2 atom stereocenters. The summed E-state index contributed by atoms with van der Waals surface area (Å²) in [5, 5.41) is 17.9. The molecule has 6 heteroatoms. The number of ether oxygens (including phenoxy) is 1. The summed E-state index contributed by atoms with van der Waals surface area (Å²) in [6, 6.07) is 5.96. The molecule has 1 aromatic carbocycles. The van der Waals surface area contributed by atoms with E-state index in [0.29, 0.717) is 25.3 Å². The summed E-state index contributed by atoms with van der Waals surface area (Å²) in [4.78, 5) is 13.1. The van der Waals surface area contributed by atoms with E-state index in [9.17, 15) is 14.3 Å². The Hall–Kier alpha value is -1.97. The zero-order valence-corrected chi connectivity index (χ0v) is 11.8. The molecule has 1 saturated heterocycles. The van der Waals surface area contributed by atoms with Gasteiger partial charge in [-0.15, -0.1) is 0 Å². The van der Waals surface area contributed by atoms with Crippen LogP contribution < -0.4 is 0 Å². The maximum Gasteiger partial charge on any atom is 0.310 e. The number of rotatable bonds is 5. The first-order chi connectivity index (χ1) is 10.1. The molecule has 21 heavy (non-hydrogen) atoms. The topological polar surface area (TPSA) is 73.6 Å². The number of carboxylic acid groups (broad SMARTS) is 1. The van der Waals surface area contributed by atoms with Gasteiger partial charge >= 0.3 is 5.97 Å². The fraction of sp³-hybridized carbons (Fsp3) is 0.467. The molecular formula is C15H17FN2O3. The maximum atomic E-state index is 14.0. The molecule has 0 aliphatic carbocycles. The maximum absolute atomic E-state index is 14.0. The molecule has 1 aliphatic heterocycles. The van der Waals surface area contributed by atoms with Gasteiger partial charge in [0, 0.05) is 18.2 Å². The number of hydrogen-bond acceptors (Lipinski definition) is 4. The van der Waals surface area contributed by atoms with E-state index in [1.165, 1.54) is 6.07 Å². The molecule has 0 radical (unpaired) electrons. The van der Waals surface area contributed by atoms with Crippen molar-refractivity contribution < 1.29 is 19.0 Å². The summed E-state index contributed by atoms with van der Waals surface area (Å²) in [6.45, 7) is 3.32. The SMILES string of the molecule is CCN(Cc1ccc(C#N)cc1F)C1COCC1C(=O)O. The smallest absolute Gasteiger partial charge is 0.310 e. The highest BCUT2D eigenvalue weighted by Gasteiger charge is 2.37. The second-order valence-electron chi connectivity index (χ2n) is 5.03. The monoisotopic (exact) mass is 292 g/mol. The van der Waals surface area contributed by atoms with Crippen LogP contribution in [0.1, 0.15) is 18.1 Å². The number of nitrogens with zero attached hydrogens (tertiary/aromatic N) is 2. The first-order valence-corrected chi connectivity index (χ1v) is 6.80. The van der Waals surface area contributed by atoms with Gasteiger partial charge < -0.3 is 9.84 Å². The number of nitriles is 1. The van der Waals surface area contributed by atoms with Crippen LogP contribution in [0.3, 0.4) is 0 Å². The van der Waals surface area contributed by atoms with Crippen molar-refractivity contribution >= 4 is 5.97 Å². The van der Waals surface area contributed by atoms with E-state index < -0.39 is 17.7 Å². The van der Waals surface area contributed by atoms with Gasteiger partial charge in [0.2, 0.25) is 0 Å². The molecule has 1 aliphatic rings. The van der Waals surface area contributed by atoms with Crippen molar-refractivity contribution in [2.24, 2.45) is 5.92 Å². The highest BCUT2D eigenvalue weighted by Crippen LogP contribution is 2.23. The van der Waals surface area contributed by atoms with Gasteiger partial charge in [-0.3, -0.25) is 9.69 Å². The first-order valence-electron chi connectivity index (χ1n) is 6.80. The van der Waals surface area contributed by atoms with E-state index in [1.54, 1.807) is 12.1 Å². The number of carbonyl (C=O) groups is 1. The standard InChI is InChI=1S/C15H17FN2O3/c1-2-18(14-9-21-8-12(14)15(19)20)7-11-4-3-10(6-17)5-13(11)16/h3-5,12,14H,2,7-9H2,1H3,(H,19,20). The van der Waals surface area contributed by atoms with Crippen LogP contribution >= 0.6 is 0 Å². The van der Waals surface area contributed by atoms with Gasteiger partial charge in [0.1, 0.15) is 5.82 Å². The Morgan fingerprint density at radius 1 is 1.57 bits per heavy atom. The van der Waals surface area contributed by atoms with Crippen molar-refractivity contribution in [1.82, 2.24) is 4.90 Å². The normalized spacial score (nSPS) is 21.4. The van der Waals surface area contributed by atoms with Crippen LogP contribution in [-0.4, -0.2) is 41.8 Å². The van der Waals surface area contributed by atoms with Crippen LogP contribution in [-0.2, 0) is 16.1 Å². The molecule has 112 valence electrons. The number of likely N-dealkylation sites (N-methyl/N-ethyl adjacent to an activating group) is 1. The molecule has 1 fully saturated rings. The van der Waals surface area contributed by atoms with Crippen molar-refractivity contribution in [3.05, 3.63) is 35.1 Å². The molecule has 0 aromatic heterocycles. The summed E-state index contributed by atoms with van der Waals surface area (Å²) < 4.78 is 19.2. The van der Waals surface area contributed by atoms with Gasteiger partial charge in [-0.1, -0.05) is 13.0 Å². The van der Waals surface area contributed by atoms with E-state index in [0.717, 1.165) is 0 Å². The molecule has 5 nitrogen and oxygen atoms in total. The first kappa shape index (κ1) is 15.4. The number of hydrogen-bond donors (Lipinski definition) is 1. The van der Waals surface area contributed by atoms with Crippen molar-refractivity contribution in [3.8, 4) is 6.07 Å². The van der Waals surface area contributed by atoms with E-state index >= 15 is 0 Å². The van der Waals surface area contributed by atoms with Crippen LogP contribution in [0.2, 0.25) is 0 Å². The zero-order valence-electron chi connectivity index (χ0n) is 11.8. The van der Waals surface area contributed by atoms with Crippen LogP contribution in [0.5, 0.6) is 0 Å². The molecule has 1 heterocycles. The molecule has 0 saturated carbocycles. The van der Waals surface area contributed by atoms with Crippen molar-refractivity contribution in [2.45, 2.75) is 19.5 Å². The molecule has 2 rings (SSSR count). The van der Waals surface area contributed by atoms with E-state index in [2.05, 4.69) is 0 Å². The third-order valence-electron chi connectivity index (χ3n) is 3.80. The van der Waals surface area contributed by atoms with Gasteiger partial charge in [0.05, 0.1) is 30.8 Å². The number of aliphatic carboxylic acids is 1. The highest BCUT2D eigenvalue weighted by atomic mass is 19.1. The lowest BCUT2D eigenvalue weighted by Gasteiger charge is -2.29. The highest BCUT2D eigenvalue weighted by molar-refractivity contribution is 5.71. The average Bonchev–Trinajstić information content (AvgIpc) is 2.95. The minimum atomic E-state index is -0.892. The quantitative estimate of drug-likeness (QED) is 0.892. The summed E-state index contributed by atoms with van der Waals surface area (Å²) in [5.41, 5.74) is 0.721. The second kappa shape index (κ2) is 6.66. The molecule has 1 N–H and O–H groups in total. The number of benzene rings is 1. The Labute approximate surface area is 122 Å². The van der Waals surface area contributed by atoms with Crippen molar-refractivity contribution in [1.29, 1.82) is 5.26 Å². The van der Waals surface area contributed by atoms with Gasteiger partial charge in [-0.25, -0.2) is 4.39 Å². The van der Waals surface area contributed by atoms with Gasteiger partial charge in [-0.05, 0) is 18.7 Å². The summed E-state index contributed by atoms with van der Waals surface area (Å²) in [7, 11) is 0. The molecule has 0 bridgehead atoms. The summed E-state index contributed by atoms with van der Waals surface area (Å²) >= 11 is 0. The second-order valence-corrected chi connectivity index (χ2v) is 5.03. The van der Waals surface area contributed by atoms with E-state index in [-0.39, 0.29) is 18.2 Å². The average molecular weight is 292 g/mol. The predicted molar refractivity (Wildman–Crippen MR) is 72.9 cm³/mol. The Balaban J connectivity index is 2.16. The van der Waals surface area contributed by atoms with Gasteiger partial charge in [0.25, 0.3) is 0 Å². The lowest BCUT2D eigenvalue weighted by Crippen LogP contribution is -2.42. The fourth-order valence-electron chi connectivity index (χ4n) is 2.57. The number of carboxylic acids is 1. The predicted octanol–water partition coefficient (Wildman–Crippen LogP) is 1.62. The summed E-state index contributed by atoms with van der Waals surface area (Å²) in [5.74, 6) is -1.93. The largest absolute Gasteiger partial charge is 0.481 e. The minimum Gasteiger partial charge on any atom is -0.481 e. The summed E-state index contributed by atoms with van der Waals surface area (Å²) in [6.07, 6.45) is 0. The van der Waals surface area contributed by atoms with Crippen LogP contribution in [0.25, 0.3) is 0 Å². The Morgan fingerprint density at radius 2 is 2.33 bits per heavy atom. The third kappa shape index (κ3) is 3.38. The van der Waals surface area contributed by atoms with E-state index in [4.69, 9.17) is 10.00 Å². The third-order valence-corrected chi connectivity index (χ3v) is 3.80. The van der Waals surface area contributed by atoms with Crippen LogP contribution in [0, 0.1) is 23.1 Å². The van der Waals surface area contributed by atoms with Crippen LogP contribution in [0.4, 0.5) is 4.39 Å². The molecule has 0 spiro atoms. The van der Waals surface area contributed by atoms with Gasteiger partial charge in [-0.2, -0.15) is 5.26 Å². The Morgan fingerprint density at radius 3 is 2.90 bits per heavy atom. The molecule has 1 aromatic rings. The lowest BCUT2D eigenvalue weighted by molar-refractivity contribution is -0.143. The van der Waals surface area contributed by atoms with Crippen molar-refractivity contribution in [3.63, 3.8) is 0 Å². The molecule has 0 amide bonds. The molecule has 2 unspecified atom stereocenters. The minimum absolute atomic E-state index is 0.187.